The molecule has 0 unspecified atom stereocenters. The minimum absolute atomic E-state index is 0.00571. The van der Waals surface area contributed by atoms with Gasteiger partial charge in [-0.2, -0.15) is 0 Å². The average molecular weight is 275 g/mol. The average Bonchev–Trinajstić information content (AvgIpc) is 2.37. The molecule has 1 heterocycles. The number of carbonyl (C=O) groups is 1. The fourth-order valence-corrected chi connectivity index (χ4v) is 2.82. The van der Waals surface area contributed by atoms with E-state index in [9.17, 15) is 4.79 Å². The van der Waals surface area contributed by atoms with Gasteiger partial charge in [0.25, 0.3) is 0 Å². The van der Waals surface area contributed by atoms with E-state index in [2.05, 4.69) is 33.8 Å². The van der Waals surface area contributed by atoms with Gasteiger partial charge in [-0.1, -0.05) is 26.8 Å². The zero-order chi connectivity index (χ0) is 14.9. The molecule has 1 amide bonds. The quantitative estimate of drug-likeness (QED) is 0.823. The number of anilines is 1. The topological polar surface area (TPSA) is 29.5 Å². The van der Waals surface area contributed by atoms with Crippen LogP contribution in [0.25, 0.3) is 0 Å². The molecular weight excluding hydrogens is 250 g/mol. The first kappa shape index (κ1) is 14.9. The van der Waals surface area contributed by atoms with E-state index >= 15 is 0 Å². The van der Waals surface area contributed by atoms with Crippen LogP contribution < -0.4 is 9.64 Å². The van der Waals surface area contributed by atoms with Gasteiger partial charge in [0.15, 0.2) is 0 Å². The molecule has 0 aromatic heterocycles. The van der Waals surface area contributed by atoms with Crippen LogP contribution in [0, 0.1) is 12.3 Å². The van der Waals surface area contributed by atoms with Crippen LogP contribution in [-0.4, -0.2) is 19.6 Å². The van der Waals surface area contributed by atoms with E-state index in [1.165, 1.54) is 11.1 Å². The van der Waals surface area contributed by atoms with Gasteiger partial charge in [0.2, 0.25) is 5.91 Å². The van der Waals surface area contributed by atoms with Gasteiger partial charge in [-0.25, -0.2) is 0 Å². The highest BCUT2D eigenvalue weighted by Crippen LogP contribution is 2.39. The Labute approximate surface area is 121 Å². The molecule has 1 aromatic rings. The molecule has 0 fully saturated rings. The maximum atomic E-state index is 12.6. The number of hydrogen-bond acceptors (Lipinski definition) is 2. The Balaban J connectivity index is 2.41. The number of fused-ring (bicyclic) bond motifs is 1. The van der Waals surface area contributed by atoms with E-state index in [4.69, 9.17) is 4.74 Å². The Morgan fingerprint density at radius 3 is 2.65 bits per heavy atom. The lowest BCUT2D eigenvalue weighted by atomic mass is 9.90. The third-order valence-corrected chi connectivity index (χ3v) is 3.76. The highest BCUT2D eigenvalue weighted by Gasteiger charge is 2.29. The lowest BCUT2D eigenvalue weighted by Crippen LogP contribution is -2.38. The van der Waals surface area contributed by atoms with Crippen molar-refractivity contribution < 1.29 is 9.53 Å². The largest absolute Gasteiger partial charge is 0.495 e. The SMILES string of the molecule is COc1ccc(C)c2c1N(C(=O)CC(C)(C)C)CCC2. The molecule has 1 aliphatic heterocycles. The van der Waals surface area contributed by atoms with Gasteiger partial charge in [-0.3, -0.25) is 4.79 Å². The predicted molar refractivity (Wildman–Crippen MR) is 82.5 cm³/mol. The monoisotopic (exact) mass is 275 g/mol. The number of rotatable bonds is 2. The van der Waals surface area contributed by atoms with E-state index in [-0.39, 0.29) is 11.3 Å². The summed E-state index contributed by atoms with van der Waals surface area (Å²) >= 11 is 0. The summed E-state index contributed by atoms with van der Waals surface area (Å²) in [5, 5.41) is 0. The number of aryl methyl sites for hydroxylation is 1. The Morgan fingerprint density at radius 1 is 1.35 bits per heavy atom. The summed E-state index contributed by atoms with van der Waals surface area (Å²) in [4.78, 5) is 14.6. The molecule has 0 N–H and O–H groups in total. The van der Waals surface area contributed by atoms with Crippen LogP contribution in [0.4, 0.5) is 5.69 Å². The third-order valence-electron chi connectivity index (χ3n) is 3.76. The molecule has 0 atom stereocenters. The molecule has 2 rings (SSSR count). The summed E-state index contributed by atoms with van der Waals surface area (Å²) in [7, 11) is 1.67. The second-order valence-electron chi connectivity index (χ2n) is 6.80. The molecule has 0 saturated carbocycles. The molecule has 0 spiro atoms. The van der Waals surface area contributed by atoms with Crippen molar-refractivity contribution in [2.75, 3.05) is 18.6 Å². The number of benzene rings is 1. The predicted octanol–water partition coefficient (Wildman–Crippen LogP) is 3.72. The van der Waals surface area contributed by atoms with Crippen molar-refractivity contribution >= 4 is 11.6 Å². The summed E-state index contributed by atoms with van der Waals surface area (Å²) in [6, 6.07) is 4.05. The Hall–Kier alpha value is -1.51. The van der Waals surface area contributed by atoms with Crippen LogP contribution in [-0.2, 0) is 11.2 Å². The summed E-state index contributed by atoms with van der Waals surface area (Å²) in [5.74, 6) is 1.01. The molecular formula is C17H25NO2. The Kier molecular flexibility index (Phi) is 4.07. The number of hydrogen-bond donors (Lipinski definition) is 0. The molecule has 110 valence electrons. The van der Waals surface area contributed by atoms with Gasteiger partial charge >= 0.3 is 0 Å². The van der Waals surface area contributed by atoms with E-state index in [1.54, 1.807) is 7.11 Å². The molecule has 1 aromatic carbocycles. The molecule has 0 saturated heterocycles. The smallest absolute Gasteiger partial charge is 0.227 e. The second kappa shape index (κ2) is 5.47. The van der Waals surface area contributed by atoms with Crippen molar-refractivity contribution in [3.05, 3.63) is 23.3 Å². The Morgan fingerprint density at radius 2 is 2.05 bits per heavy atom. The summed E-state index contributed by atoms with van der Waals surface area (Å²) in [6.07, 6.45) is 2.61. The number of amides is 1. The summed E-state index contributed by atoms with van der Waals surface area (Å²) in [5.41, 5.74) is 3.51. The fourth-order valence-electron chi connectivity index (χ4n) is 2.82. The molecule has 0 radical (unpaired) electrons. The van der Waals surface area contributed by atoms with Crippen LogP contribution in [0.5, 0.6) is 5.75 Å². The zero-order valence-electron chi connectivity index (χ0n) is 13.2. The van der Waals surface area contributed by atoms with Crippen molar-refractivity contribution in [2.24, 2.45) is 5.41 Å². The van der Waals surface area contributed by atoms with Crippen LogP contribution in [0.15, 0.2) is 12.1 Å². The molecule has 3 nitrogen and oxygen atoms in total. The Bertz CT molecular complexity index is 514. The molecule has 0 bridgehead atoms. The lowest BCUT2D eigenvalue weighted by Gasteiger charge is -2.33. The normalized spacial score (nSPS) is 14.9. The first-order chi connectivity index (χ1) is 9.33. The van der Waals surface area contributed by atoms with E-state index in [0.717, 1.165) is 30.8 Å². The molecule has 3 heteroatoms. The van der Waals surface area contributed by atoms with Crippen molar-refractivity contribution in [3.8, 4) is 5.75 Å². The number of ether oxygens (including phenoxy) is 1. The molecule has 0 aliphatic carbocycles. The van der Waals surface area contributed by atoms with E-state index < -0.39 is 0 Å². The van der Waals surface area contributed by atoms with Crippen molar-refractivity contribution in [1.82, 2.24) is 0 Å². The number of nitrogens with zero attached hydrogens (tertiary/aromatic N) is 1. The lowest BCUT2D eigenvalue weighted by molar-refractivity contribution is -0.120. The van der Waals surface area contributed by atoms with Gasteiger partial charge in [0.1, 0.15) is 5.75 Å². The van der Waals surface area contributed by atoms with Crippen LogP contribution in [0.3, 0.4) is 0 Å². The van der Waals surface area contributed by atoms with Crippen LogP contribution in [0.2, 0.25) is 0 Å². The maximum Gasteiger partial charge on any atom is 0.227 e. The fraction of sp³-hybridized carbons (Fsp3) is 0.588. The first-order valence-corrected chi connectivity index (χ1v) is 7.30. The van der Waals surface area contributed by atoms with Crippen LogP contribution >= 0.6 is 0 Å². The van der Waals surface area contributed by atoms with Gasteiger partial charge in [-0.15, -0.1) is 0 Å². The standard InChI is InChI=1S/C17H25NO2/c1-12-8-9-14(20-5)16-13(12)7-6-10-18(16)15(19)11-17(2,3)4/h8-9H,6-7,10-11H2,1-5H3. The van der Waals surface area contributed by atoms with Crippen LogP contribution in [0.1, 0.15) is 44.7 Å². The maximum absolute atomic E-state index is 12.6. The summed E-state index contributed by atoms with van der Waals surface area (Å²) in [6.45, 7) is 9.20. The van der Waals surface area contributed by atoms with Gasteiger partial charge in [-0.05, 0) is 42.4 Å². The molecule has 20 heavy (non-hydrogen) atoms. The first-order valence-electron chi connectivity index (χ1n) is 7.30. The third kappa shape index (κ3) is 2.97. The summed E-state index contributed by atoms with van der Waals surface area (Å²) < 4.78 is 5.48. The minimum atomic E-state index is 0.00571. The van der Waals surface area contributed by atoms with Gasteiger partial charge in [0, 0.05) is 13.0 Å². The van der Waals surface area contributed by atoms with Crippen molar-refractivity contribution in [2.45, 2.75) is 47.0 Å². The highest BCUT2D eigenvalue weighted by molar-refractivity contribution is 5.96. The van der Waals surface area contributed by atoms with Gasteiger partial charge in [0.05, 0.1) is 12.8 Å². The van der Waals surface area contributed by atoms with E-state index in [1.807, 2.05) is 11.0 Å². The molecule has 1 aliphatic rings. The second-order valence-corrected chi connectivity index (χ2v) is 6.80. The van der Waals surface area contributed by atoms with Crippen molar-refractivity contribution in [3.63, 3.8) is 0 Å². The highest BCUT2D eigenvalue weighted by atomic mass is 16.5. The zero-order valence-corrected chi connectivity index (χ0v) is 13.2. The van der Waals surface area contributed by atoms with Gasteiger partial charge < -0.3 is 9.64 Å². The number of carbonyl (C=O) groups excluding carboxylic acids is 1. The van der Waals surface area contributed by atoms with E-state index in [0.29, 0.717) is 6.42 Å². The number of methoxy groups -OCH3 is 1. The van der Waals surface area contributed by atoms with Crippen molar-refractivity contribution in [1.29, 1.82) is 0 Å². The minimum Gasteiger partial charge on any atom is -0.495 e.